The van der Waals surface area contributed by atoms with Gasteiger partial charge in [-0.2, -0.15) is 0 Å². The quantitative estimate of drug-likeness (QED) is 0.758. The second-order valence-corrected chi connectivity index (χ2v) is 6.49. The molecule has 1 aliphatic heterocycles. The maximum Gasteiger partial charge on any atom is 0.123 e. The van der Waals surface area contributed by atoms with Crippen LogP contribution in [0.4, 0.5) is 4.39 Å². The molecule has 5 heteroatoms. The van der Waals surface area contributed by atoms with Crippen LogP contribution in [0.15, 0.2) is 24.3 Å². The minimum atomic E-state index is -0.542. The molecule has 1 aliphatic rings. The molecule has 0 radical (unpaired) electrons. The van der Waals surface area contributed by atoms with Gasteiger partial charge in [-0.15, -0.1) is 0 Å². The summed E-state index contributed by atoms with van der Waals surface area (Å²) in [6.45, 7) is 7.00. The van der Waals surface area contributed by atoms with Crippen molar-refractivity contribution in [3.63, 3.8) is 0 Å². The zero-order valence-electron chi connectivity index (χ0n) is 14.1. The maximum absolute atomic E-state index is 13.0. The standard InChI is InChI=1S/C18H28FNO3/c1-14(2)23-13-17(21)11-20(12-18-4-3-9-22-18)10-15-5-7-16(19)8-6-15/h5-8,14,17-18,21H,3-4,9-13H2,1-2H3. The fraction of sp³-hybridized carbons (Fsp3) is 0.667. The third-order valence-electron chi connectivity index (χ3n) is 3.90. The third kappa shape index (κ3) is 6.96. The first-order valence-electron chi connectivity index (χ1n) is 8.41. The van der Waals surface area contributed by atoms with Crippen molar-refractivity contribution < 1.29 is 19.0 Å². The van der Waals surface area contributed by atoms with Crippen LogP contribution < -0.4 is 0 Å². The lowest BCUT2D eigenvalue weighted by molar-refractivity contribution is -0.0172. The van der Waals surface area contributed by atoms with E-state index < -0.39 is 6.10 Å². The summed E-state index contributed by atoms with van der Waals surface area (Å²) in [7, 11) is 0. The molecular formula is C18H28FNO3. The highest BCUT2D eigenvalue weighted by Gasteiger charge is 2.21. The molecule has 2 atom stereocenters. The molecule has 130 valence electrons. The highest BCUT2D eigenvalue weighted by Crippen LogP contribution is 2.16. The summed E-state index contributed by atoms with van der Waals surface area (Å²) in [5.74, 6) is -0.232. The fourth-order valence-electron chi connectivity index (χ4n) is 2.78. The van der Waals surface area contributed by atoms with Crippen LogP contribution in [0.25, 0.3) is 0 Å². The minimum Gasteiger partial charge on any atom is -0.389 e. The van der Waals surface area contributed by atoms with Crippen LogP contribution >= 0.6 is 0 Å². The van der Waals surface area contributed by atoms with Crippen LogP contribution in [0.3, 0.4) is 0 Å². The second-order valence-electron chi connectivity index (χ2n) is 6.49. The largest absolute Gasteiger partial charge is 0.389 e. The van der Waals surface area contributed by atoms with Crippen LogP contribution in [0.1, 0.15) is 32.3 Å². The number of hydrogen-bond donors (Lipinski definition) is 1. The minimum absolute atomic E-state index is 0.105. The van der Waals surface area contributed by atoms with Gasteiger partial charge >= 0.3 is 0 Å². The first kappa shape index (κ1) is 18.3. The number of benzene rings is 1. The molecule has 2 rings (SSSR count). The summed E-state index contributed by atoms with van der Waals surface area (Å²) >= 11 is 0. The zero-order valence-corrected chi connectivity index (χ0v) is 14.1. The smallest absolute Gasteiger partial charge is 0.123 e. The number of aliphatic hydroxyl groups is 1. The van der Waals surface area contributed by atoms with Crippen molar-refractivity contribution in [2.45, 2.75) is 51.5 Å². The Labute approximate surface area is 138 Å². The number of nitrogens with zero attached hydrogens (tertiary/aromatic N) is 1. The van der Waals surface area contributed by atoms with Crippen molar-refractivity contribution in [1.82, 2.24) is 4.90 Å². The second kappa shape index (κ2) is 9.33. The lowest BCUT2D eigenvalue weighted by Gasteiger charge is -2.27. The Morgan fingerprint density at radius 2 is 2.09 bits per heavy atom. The van der Waals surface area contributed by atoms with Crippen LogP contribution in [-0.4, -0.2) is 54.6 Å². The molecule has 0 spiro atoms. The number of halogens is 1. The van der Waals surface area contributed by atoms with Gasteiger partial charge in [0, 0.05) is 26.2 Å². The highest BCUT2D eigenvalue weighted by molar-refractivity contribution is 5.15. The third-order valence-corrected chi connectivity index (χ3v) is 3.90. The van der Waals surface area contributed by atoms with Gasteiger partial charge in [0.2, 0.25) is 0 Å². The van der Waals surface area contributed by atoms with E-state index in [4.69, 9.17) is 9.47 Å². The molecule has 0 amide bonds. The van der Waals surface area contributed by atoms with Gasteiger partial charge in [0.25, 0.3) is 0 Å². The lowest BCUT2D eigenvalue weighted by atomic mass is 10.1. The summed E-state index contributed by atoms with van der Waals surface area (Å²) < 4.78 is 24.2. The summed E-state index contributed by atoms with van der Waals surface area (Å²) in [5.41, 5.74) is 1.03. The molecule has 23 heavy (non-hydrogen) atoms. The molecular weight excluding hydrogens is 297 g/mol. The number of rotatable bonds is 9. The Kier molecular flexibility index (Phi) is 7.43. The van der Waals surface area contributed by atoms with Crippen LogP contribution in [-0.2, 0) is 16.0 Å². The SMILES string of the molecule is CC(C)OCC(O)CN(Cc1ccc(F)cc1)CC1CCCO1. The van der Waals surface area contributed by atoms with Gasteiger partial charge in [0.1, 0.15) is 5.82 Å². The Bertz CT molecular complexity index is 446. The molecule has 1 fully saturated rings. The molecule has 4 nitrogen and oxygen atoms in total. The first-order valence-corrected chi connectivity index (χ1v) is 8.41. The maximum atomic E-state index is 13.0. The average molecular weight is 325 g/mol. The topological polar surface area (TPSA) is 41.9 Å². The van der Waals surface area contributed by atoms with Crippen molar-refractivity contribution in [3.8, 4) is 0 Å². The highest BCUT2D eigenvalue weighted by atomic mass is 19.1. The van der Waals surface area contributed by atoms with Gasteiger partial charge in [-0.05, 0) is 44.4 Å². The molecule has 1 heterocycles. The molecule has 1 aromatic carbocycles. The van der Waals surface area contributed by atoms with Crippen molar-refractivity contribution >= 4 is 0 Å². The molecule has 0 bridgehead atoms. The lowest BCUT2D eigenvalue weighted by Crippen LogP contribution is -2.39. The van der Waals surface area contributed by atoms with E-state index in [0.717, 1.165) is 31.6 Å². The average Bonchev–Trinajstić information content (AvgIpc) is 3.00. The van der Waals surface area contributed by atoms with Crippen molar-refractivity contribution in [3.05, 3.63) is 35.6 Å². The Morgan fingerprint density at radius 3 is 2.70 bits per heavy atom. The molecule has 0 aliphatic carbocycles. The number of hydrogen-bond acceptors (Lipinski definition) is 4. The van der Waals surface area contributed by atoms with Gasteiger partial charge < -0.3 is 14.6 Å². The molecule has 1 aromatic rings. The molecule has 1 N–H and O–H groups in total. The van der Waals surface area contributed by atoms with Gasteiger partial charge in [-0.25, -0.2) is 4.39 Å². The van der Waals surface area contributed by atoms with Gasteiger partial charge in [-0.1, -0.05) is 12.1 Å². The van der Waals surface area contributed by atoms with Crippen LogP contribution in [0.5, 0.6) is 0 Å². The van der Waals surface area contributed by atoms with E-state index in [-0.39, 0.29) is 18.0 Å². The summed E-state index contributed by atoms with van der Waals surface area (Å²) in [6, 6.07) is 6.51. The van der Waals surface area contributed by atoms with Gasteiger partial charge in [0.05, 0.1) is 24.9 Å². The van der Waals surface area contributed by atoms with E-state index in [1.165, 1.54) is 12.1 Å². The molecule has 1 saturated heterocycles. The predicted octanol–water partition coefficient (Wildman–Crippen LogP) is 2.59. The summed E-state index contributed by atoms with van der Waals surface area (Å²) in [6.07, 6.45) is 1.92. The molecule has 2 unspecified atom stereocenters. The number of aliphatic hydroxyl groups excluding tert-OH is 1. The normalized spacial score (nSPS) is 19.7. The monoisotopic (exact) mass is 325 g/mol. The van der Waals surface area contributed by atoms with E-state index in [9.17, 15) is 9.50 Å². The van der Waals surface area contributed by atoms with Gasteiger partial charge in [0.15, 0.2) is 0 Å². The first-order chi connectivity index (χ1) is 11.0. The molecule has 0 saturated carbocycles. The molecule has 0 aromatic heterocycles. The van der Waals surface area contributed by atoms with Crippen molar-refractivity contribution in [2.75, 3.05) is 26.3 Å². The van der Waals surface area contributed by atoms with Crippen molar-refractivity contribution in [2.24, 2.45) is 0 Å². The van der Waals surface area contributed by atoms with Crippen LogP contribution in [0, 0.1) is 5.82 Å². The van der Waals surface area contributed by atoms with E-state index in [0.29, 0.717) is 19.7 Å². The van der Waals surface area contributed by atoms with Crippen molar-refractivity contribution in [1.29, 1.82) is 0 Å². The fourth-order valence-corrected chi connectivity index (χ4v) is 2.78. The number of ether oxygens (including phenoxy) is 2. The summed E-state index contributed by atoms with van der Waals surface area (Å²) in [4.78, 5) is 2.16. The Morgan fingerprint density at radius 1 is 1.35 bits per heavy atom. The van der Waals surface area contributed by atoms with E-state index in [1.54, 1.807) is 12.1 Å². The Balaban J connectivity index is 1.91. The van der Waals surface area contributed by atoms with E-state index in [2.05, 4.69) is 4.90 Å². The Hall–Kier alpha value is -1.01. The zero-order chi connectivity index (χ0) is 16.7. The van der Waals surface area contributed by atoms with E-state index >= 15 is 0 Å². The van der Waals surface area contributed by atoms with Gasteiger partial charge in [-0.3, -0.25) is 4.90 Å². The summed E-state index contributed by atoms with van der Waals surface area (Å²) in [5, 5.41) is 10.2. The van der Waals surface area contributed by atoms with E-state index in [1.807, 2.05) is 13.8 Å². The van der Waals surface area contributed by atoms with Crippen LogP contribution in [0.2, 0.25) is 0 Å². The predicted molar refractivity (Wildman–Crippen MR) is 87.7 cm³/mol.